The van der Waals surface area contributed by atoms with Gasteiger partial charge in [0.05, 0.1) is 32.1 Å². The highest BCUT2D eigenvalue weighted by atomic mass is 15.4. The molecule has 1 aliphatic rings. The molecule has 0 N–H and O–H groups in total. The Hall–Kier alpha value is -0.0400. The summed E-state index contributed by atoms with van der Waals surface area (Å²) in [6.07, 6.45) is 0. The minimum absolute atomic E-state index is 0.630. The number of rotatable bonds is 1. The molecule has 0 unspecified atom stereocenters. The largest absolute Gasteiger partial charge is 0.325 e. The van der Waals surface area contributed by atoms with E-state index in [1.54, 1.807) is 0 Å². The van der Waals surface area contributed by atoms with E-state index in [0.717, 1.165) is 0 Å². The normalized spacial score (nSPS) is 29.3. The summed E-state index contributed by atoms with van der Waals surface area (Å²) in [6, 6.07) is 0. The maximum Gasteiger partial charge on any atom is 0.0890 e. The van der Waals surface area contributed by atoms with Crippen LogP contribution in [0, 0.1) is 5.41 Å². The zero-order chi connectivity index (χ0) is 7.12. The number of nitrogens with zero attached hydrogens (tertiary/aromatic N) is 1. The summed E-state index contributed by atoms with van der Waals surface area (Å²) in [5, 5.41) is 0. The van der Waals surface area contributed by atoms with E-state index >= 15 is 0 Å². The molecule has 1 rings (SSSR count). The molecule has 9 heavy (non-hydrogen) atoms. The summed E-state index contributed by atoms with van der Waals surface area (Å²) < 4.78 is 1.28. The highest BCUT2D eigenvalue weighted by Crippen LogP contribution is 2.33. The number of hydrogen-bond acceptors (Lipinski definition) is 0. The van der Waals surface area contributed by atoms with Gasteiger partial charge in [0.2, 0.25) is 0 Å². The van der Waals surface area contributed by atoms with E-state index in [9.17, 15) is 0 Å². The molecule has 1 fully saturated rings. The second-order valence-corrected chi connectivity index (χ2v) is 4.42. The van der Waals surface area contributed by atoms with Crippen molar-refractivity contribution in [2.75, 3.05) is 26.7 Å². The smallest absolute Gasteiger partial charge is 0.0890 e. The third kappa shape index (κ3) is 1.26. The lowest BCUT2D eigenvalue weighted by atomic mass is 9.82. The Morgan fingerprint density at radius 1 is 1.33 bits per heavy atom. The molecule has 0 aliphatic carbocycles. The Morgan fingerprint density at radius 2 is 1.78 bits per heavy atom. The van der Waals surface area contributed by atoms with Gasteiger partial charge in [-0.2, -0.15) is 0 Å². The molecule has 0 amide bonds. The van der Waals surface area contributed by atoms with Gasteiger partial charge in [-0.1, -0.05) is 0 Å². The molecule has 1 heteroatoms. The predicted octanol–water partition coefficient (Wildman–Crippen LogP) is 1.49. The zero-order valence-corrected chi connectivity index (χ0v) is 7.07. The number of hydrogen-bond donors (Lipinski definition) is 0. The summed E-state index contributed by atoms with van der Waals surface area (Å²) in [5.74, 6) is 0. The molecular formula is C8H18N+. The van der Waals surface area contributed by atoms with Crippen LogP contribution in [-0.4, -0.2) is 31.2 Å². The third-order valence-corrected chi connectivity index (χ3v) is 2.38. The summed E-state index contributed by atoms with van der Waals surface area (Å²) in [6.45, 7) is 11.0. The van der Waals surface area contributed by atoms with Crippen molar-refractivity contribution >= 4 is 0 Å². The van der Waals surface area contributed by atoms with E-state index in [2.05, 4.69) is 27.8 Å². The van der Waals surface area contributed by atoms with Gasteiger partial charge in [-0.05, 0) is 20.8 Å². The van der Waals surface area contributed by atoms with Crippen molar-refractivity contribution in [3.8, 4) is 0 Å². The SMILES string of the molecule is CC[N+]1(C)CC(C)(C)C1. The van der Waals surface area contributed by atoms with Crippen molar-refractivity contribution in [2.24, 2.45) is 5.41 Å². The predicted molar refractivity (Wildman–Crippen MR) is 40.2 cm³/mol. The van der Waals surface area contributed by atoms with Crippen molar-refractivity contribution in [3.63, 3.8) is 0 Å². The van der Waals surface area contributed by atoms with Gasteiger partial charge < -0.3 is 4.48 Å². The van der Waals surface area contributed by atoms with E-state index < -0.39 is 0 Å². The molecule has 0 bridgehead atoms. The number of likely N-dealkylation sites (tertiary alicyclic amines) is 1. The van der Waals surface area contributed by atoms with Crippen LogP contribution >= 0.6 is 0 Å². The molecular weight excluding hydrogens is 110 g/mol. The number of quaternary nitrogens is 1. The van der Waals surface area contributed by atoms with Gasteiger partial charge in [0, 0.05) is 0 Å². The first-order chi connectivity index (χ1) is 3.97. The molecule has 0 saturated carbocycles. The van der Waals surface area contributed by atoms with Gasteiger partial charge >= 0.3 is 0 Å². The molecule has 54 valence electrons. The molecule has 1 heterocycles. The van der Waals surface area contributed by atoms with Crippen LogP contribution in [0.5, 0.6) is 0 Å². The van der Waals surface area contributed by atoms with Gasteiger partial charge in [0.25, 0.3) is 0 Å². The van der Waals surface area contributed by atoms with Gasteiger partial charge in [-0.25, -0.2) is 0 Å². The van der Waals surface area contributed by atoms with Crippen LogP contribution in [0.15, 0.2) is 0 Å². The van der Waals surface area contributed by atoms with E-state index in [0.29, 0.717) is 5.41 Å². The highest BCUT2D eigenvalue weighted by molar-refractivity contribution is 4.75. The summed E-state index contributed by atoms with van der Waals surface area (Å²) in [4.78, 5) is 0. The van der Waals surface area contributed by atoms with Gasteiger partial charge in [0.15, 0.2) is 0 Å². The first kappa shape index (κ1) is 7.07. The topological polar surface area (TPSA) is 0 Å². The molecule has 0 spiro atoms. The Morgan fingerprint density at radius 3 is 1.89 bits per heavy atom. The van der Waals surface area contributed by atoms with Gasteiger partial charge in [0.1, 0.15) is 0 Å². The fourth-order valence-electron chi connectivity index (χ4n) is 2.24. The van der Waals surface area contributed by atoms with Crippen LogP contribution in [0.1, 0.15) is 20.8 Å². The standard InChI is InChI=1S/C8H18N/c1-5-9(4)6-8(2,3)7-9/h5-7H2,1-4H3/q+1. The molecule has 1 aliphatic heterocycles. The molecule has 1 saturated heterocycles. The summed E-state index contributed by atoms with van der Waals surface area (Å²) in [5.41, 5.74) is 0.630. The summed E-state index contributed by atoms with van der Waals surface area (Å²) in [7, 11) is 2.34. The Bertz CT molecular complexity index is 108. The van der Waals surface area contributed by atoms with Crippen molar-refractivity contribution in [3.05, 3.63) is 0 Å². The van der Waals surface area contributed by atoms with E-state index in [1.807, 2.05) is 0 Å². The van der Waals surface area contributed by atoms with E-state index in [-0.39, 0.29) is 0 Å². The van der Waals surface area contributed by atoms with E-state index in [1.165, 1.54) is 24.1 Å². The van der Waals surface area contributed by atoms with Gasteiger partial charge in [-0.15, -0.1) is 0 Å². The van der Waals surface area contributed by atoms with Crippen molar-refractivity contribution in [1.82, 2.24) is 0 Å². The lowest BCUT2D eigenvalue weighted by Crippen LogP contribution is -2.65. The molecule has 0 aromatic rings. The molecule has 0 radical (unpaired) electrons. The van der Waals surface area contributed by atoms with Crippen molar-refractivity contribution < 1.29 is 4.48 Å². The second kappa shape index (κ2) is 1.72. The zero-order valence-electron chi connectivity index (χ0n) is 7.07. The Labute approximate surface area is 58.3 Å². The van der Waals surface area contributed by atoms with Crippen LogP contribution in [0.25, 0.3) is 0 Å². The monoisotopic (exact) mass is 128 g/mol. The lowest BCUT2D eigenvalue weighted by molar-refractivity contribution is -0.964. The highest BCUT2D eigenvalue weighted by Gasteiger charge is 2.45. The summed E-state index contributed by atoms with van der Waals surface area (Å²) >= 11 is 0. The molecule has 0 aromatic carbocycles. The molecule has 0 aromatic heterocycles. The van der Waals surface area contributed by atoms with Crippen molar-refractivity contribution in [2.45, 2.75) is 20.8 Å². The maximum atomic E-state index is 2.35. The molecule has 1 nitrogen and oxygen atoms in total. The Balaban J connectivity index is 2.41. The van der Waals surface area contributed by atoms with Crippen LogP contribution in [-0.2, 0) is 0 Å². The van der Waals surface area contributed by atoms with Crippen LogP contribution in [0.4, 0.5) is 0 Å². The minimum Gasteiger partial charge on any atom is -0.325 e. The quantitative estimate of drug-likeness (QED) is 0.469. The van der Waals surface area contributed by atoms with Crippen molar-refractivity contribution in [1.29, 1.82) is 0 Å². The molecule has 0 atom stereocenters. The first-order valence-corrected chi connectivity index (χ1v) is 3.81. The van der Waals surface area contributed by atoms with E-state index in [4.69, 9.17) is 0 Å². The third-order valence-electron chi connectivity index (χ3n) is 2.38. The maximum absolute atomic E-state index is 2.35. The van der Waals surface area contributed by atoms with Crippen LogP contribution in [0.3, 0.4) is 0 Å². The Kier molecular flexibility index (Phi) is 1.35. The van der Waals surface area contributed by atoms with Crippen LogP contribution < -0.4 is 0 Å². The fraction of sp³-hybridized carbons (Fsp3) is 1.00. The second-order valence-electron chi connectivity index (χ2n) is 4.42. The first-order valence-electron chi connectivity index (χ1n) is 3.81. The van der Waals surface area contributed by atoms with Gasteiger partial charge in [-0.3, -0.25) is 0 Å². The average molecular weight is 128 g/mol. The minimum atomic E-state index is 0.630. The average Bonchev–Trinajstić information content (AvgIpc) is 1.61. The fourth-order valence-corrected chi connectivity index (χ4v) is 2.24. The van der Waals surface area contributed by atoms with Crippen LogP contribution in [0.2, 0.25) is 0 Å². The lowest BCUT2D eigenvalue weighted by Gasteiger charge is -2.52.